The third kappa shape index (κ3) is 4.62. The smallest absolute Gasteiger partial charge is 0.0201 e. The van der Waals surface area contributed by atoms with Gasteiger partial charge in [0.15, 0.2) is 0 Å². The van der Waals surface area contributed by atoms with Crippen LogP contribution in [0.25, 0.3) is 11.1 Å². The maximum atomic E-state index is 2.97. The van der Waals surface area contributed by atoms with Crippen LogP contribution in [0, 0.1) is 72.0 Å². The van der Waals surface area contributed by atoms with E-state index < -0.39 is 0 Å². The monoisotopic (exact) mass is 679 g/mol. The number of benzene rings is 2. The first kappa shape index (κ1) is 33.2. The Morgan fingerprint density at radius 2 is 1.22 bits per heavy atom. The molecule has 0 N–H and O–H groups in total. The van der Waals surface area contributed by atoms with Crippen molar-refractivity contribution in [2.24, 2.45) is 58.2 Å². The molecule has 51 heavy (non-hydrogen) atoms. The van der Waals surface area contributed by atoms with Crippen molar-refractivity contribution in [1.29, 1.82) is 0 Å². The van der Waals surface area contributed by atoms with Crippen molar-refractivity contribution in [3.63, 3.8) is 0 Å². The highest BCUT2D eigenvalue weighted by Crippen LogP contribution is 2.72. The molecule has 5 fully saturated rings. The van der Waals surface area contributed by atoms with Crippen LogP contribution in [0.1, 0.15) is 159 Å². The summed E-state index contributed by atoms with van der Waals surface area (Å²) < 4.78 is 0. The number of rotatable bonds is 4. The number of hydrogen-bond donors (Lipinski definition) is 0. The van der Waals surface area contributed by atoms with Crippen molar-refractivity contribution < 1.29 is 0 Å². The molecule has 9 aliphatic carbocycles. The van der Waals surface area contributed by atoms with Crippen molar-refractivity contribution in [1.82, 2.24) is 0 Å². The zero-order valence-electron chi connectivity index (χ0n) is 33.8. The van der Waals surface area contributed by atoms with Gasteiger partial charge in [0.25, 0.3) is 0 Å². The second-order valence-electron chi connectivity index (χ2n) is 22.4. The van der Waals surface area contributed by atoms with Crippen LogP contribution in [-0.4, -0.2) is 0 Å². The highest BCUT2D eigenvalue weighted by molar-refractivity contribution is 5.83. The molecule has 11 rings (SSSR count). The Hall–Kier alpha value is -2.34. The minimum absolute atomic E-state index is 0.120. The van der Waals surface area contributed by atoms with Crippen LogP contribution >= 0.6 is 0 Å². The van der Waals surface area contributed by atoms with Gasteiger partial charge in [-0.25, -0.2) is 0 Å². The van der Waals surface area contributed by atoms with Crippen molar-refractivity contribution in [3.8, 4) is 11.1 Å². The third-order valence-electron chi connectivity index (χ3n) is 17.0. The molecule has 2 aromatic carbocycles. The Labute approximate surface area is 311 Å². The Kier molecular flexibility index (Phi) is 6.95. The summed E-state index contributed by atoms with van der Waals surface area (Å²) >= 11 is 0. The lowest BCUT2D eigenvalue weighted by molar-refractivity contribution is -0.0316. The lowest BCUT2D eigenvalue weighted by Crippen LogP contribution is -2.47. The van der Waals surface area contributed by atoms with Crippen molar-refractivity contribution in [2.45, 2.75) is 150 Å². The predicted octanol–water partition coefficient (Wildman–Crippen LogP) is 13.7. The minimum atomic E-state index is 0.120. The van der Waals surface area contributed by atoms with Crippen LogP contribution in [0.15, 0.2) is 59.2 Å². The molecule has 6 bridgehead atoms. The van der Waals surface area contributed by atoms with Crippen LogP contribution in [0.4, 0.5) is 0 Å². The zero-order chi connectivity index (χ0) is 35.6. The number of fused-ring (bicyclic) bond motifs is 5. The van der Waals surface area contributed by atoms with Gasteiger partial charge in [-0.15, -0.1) is 0 Å². The standard InChI is InChI=1S/C51H66/c1-28(2)51(47-41-13-29(3)44(48(5,6)7)22-38(41)39-23-45(49(8,9)10)30(4)14-42(39)47)27-43(37-19-31-11-12-35(37)18-31)40-20-36(21-46(40)51)50-24-32-15-33(25-50)17-34(16-32)26-50/h11-14,21-23,28,31-35,37,43,47H,15-20,24-27H2,1-10H3. The lowest BCUT2D eigenvalue weighted by Gasteiger charge is -2.58. The quantitative estimate of drug-likeness (QED) is 0.282. The Balaban J connectivity index is 1.19. The van der Waals surface area contributed by atoms with E-state index in [0.29, 0.717) is 17.3 Å². The van der Waals surface area contributed by atoms with Gasteiger partial charge in [0.05, 0.1) is 0 Å². The molecule has 5 saturated carbocycles. The summed E-state index contributed by atoms with van der Waals surface area (Å²) in [7, 11) is 0. The van der Waals surface area contributed by atoms with E-state index in [4.69, 9.17) is 0 Å². The fourth-order valence-corrected chi connectivity index (χ4v) is 15.4. The van der Waals surface area contributed by atoms with Crippen LogP contribution in [0.5, 0.6) is 0 Å². The van der Waals surface area contributed by atoms with E-state index in [2.05, 4.69) is 112 Å². The topological polar surface area (TPSA) is 0 Å². The molecule has 0 radical (unpaired) electrons. The summed E-state index contributed by atoms with van der Waals surface area (Å²) in [6.45, 7) is 24.6. The molecule has 5 unspecified atom stereocenters. The Bertz CT molecular complexity index is 1820. The fraction of sp³-hybridized carbons (Fsp3) is 0.647. The first-order valence-corrected chi connectivity index (χ1v) is 21.5. The molecule has 0 spiro atoms. The minimum Gasteiger partial charge on any atom is -0.0851 e. The molecular weight excluding hydrogens is 613 g/mol. The summed E-state index contributed by atoms with van der Waals surface area (Å²) in [5.41, 5.74) is 19.0. The highest BCUT2D eigenvalue weighted by atomic mass is 14.6. The second kappa shape index (κ2) is 10.7. The summed E-state index contributed by atoms with van der Waals surface area (Å²) in [6, 6.07) is 10.7. The SMILES string of the molecule is Cc1cc2c(cc1C(C)(C)C)-c1cc(C(C)(C)C)c(C)cc1C2C1(C(C)C)CC(C2CC3C=CC2C3)C2=C1C=C(C13CC4CC(CC(C4)C1)C3)C2. The summed E-state index contributed by atoms with van der Waals surface area (Å²) in [5.74, 6) is 7.21. The molecule has 270 valence electrons. The van der Waals surface area contributed by atoms with Gasteiger partial charge < -0.3 is 0 Å². The van der Waals surface area contributed by atoms with Gasteiger partial charge in [0.2, 0.25) is 0 Å². The summed E-state index contributed by atoms with van der Waals surface area (Å²) in [5, 5.41) is 0. The molecule has 0 heterocycles. The number of hydrogen-bond acceptors (Lipinski definition) is 0. The molecule has 0 saturated heterocycles. The highest BCUT2D eigenvalue weighted by Gasteiger charge is 2.61. The van der Waals surface area contributed by atoms with Crippen LogP contribution in [0.3, 0.4) is 0 Å². The molecule has 0 heteroatoms. The van der Waals surface area contributed by atoms with E-state index in [0.717, 1.165) is 41.4 Å². The summed E-state index contributed by atoms with van der Waals surface area (Å²) in [6.07, 6.45) is 22.9. The zero-order valence-corrected chi connectivity index (χ0v) is 33.8. The van der Waals surface area contributed by atoms with E-state index in [-0.39, 0.29) is 16.2 Å². The average Bonchev–Trinajstić information content (AvgIpc) is 3.85. The van der Waals surface area contributed by atoms with E-state index in [9.17, 15) is 0 Å². The van der Waals surface area contributed by atoms with Gasteiger partial charge in [-0.2, -0.15) is 0 Å². The van der Waals surface area contributed by atoms with Gasteiger partial charge in [-0.1, -0.05) is 109 Å². The molecular formula is C51H66. The van der Waals surface area contributed by atoms with E-state index in [1.165, 1.54) is 86.5 Å². The molecule has 0 nitrogen and oxygen atoms in total. The Morgan fingerprint density at radius 3 is 1.67 bits per heavy atom. The van der Waals surface area contributed by atoms with Gasteiger partial charge in [-0.05, 0) is 192 Å². The van der Waals surface area contributed by atoms with Gasteiger partial charge >= 0.3 is 0 Å². The molecule has 9 aliphatic rings. The first-order chi connectivity index (χ1) is 24.1. The van der Waals surface area contributed by atoms with E-state index in [1.54, 1.807) is 22.3 Å². The average molecular weight is 679 g/mol. The number of aryl methyl sites for hydroxylation is 2. The first-order valence-electron chi connectivity index (χ1n) is 21.5. The third-order valence-corrected chi connectivity index (χ3v) is 17.0. The molecule has 5 atom stereocenters. The normalized spacial score (nSPS) is 37.6. The largest absolute Gasteiger partial charge is 0.0851 e. The fourth-order valence-electron chi connectivity index (χ4n) is 15.4. The second-order valence-corrected chi connectivity index (χ2v) is 22.4. The van der Waals surface area contributed by atoms with Crippen LogP contribution in [-0.2, 0) is 10.8 Å². The maximum Gasteiger partial charge on any atom is 0.0201 e. The van der Waals surface area contributed by atoms with Gasteiger partial charge in [0, 0.05) is 11.3 Å². The molecule has 0 aliphatic heterocycles. The molecule has 0 amide bonds. The number of allylic oxidation sites excluding steroid dienone is 6. The van der Waals surface area contributed by atoms with Gasteiger partial charge in [0.1, 0.15) is 0 Å². The van der Waals surface area contributed by atoms with E-state index >= 15 is 0 Å². The van der Waals surface area contributed by atoms with Crippen LogP contribution in [0.2, 0.25) is 0 Å². The lowest BCUT2D eigenvalue weighted by atomic mass is 9.47. The van der Waals surface area contributed by atoms with Crippen LogP contribution < -0.4 is 0 Å². The predicted molar refractivity (Wildman–Crippen MR) is 215 cm³/mol. The van der Waals surface area contributed by atoms with E-state index in [1.807, 2.05) is 16.7 Å². The van der Waals surface area contributed by atoms with Gasteiger partial charge in [-0.3, -0.25) is 0 Å². The van der Waals surface area contributed by atoms with Crippen molar-refractivity contribution >= 4 is 0 Å². The van der Waals surface area contributed by atoms with Crippen molar-refractivity contribution in [3.05, 3.63) is 92.6 Å². The molecule has 2 aromatic rings. The van der Waals surface area contributed by atoms with Crippen molar-refractivity contribution in [2.75, 3.05) is 0 Å². The Morgan fingerprint density at radius 1 is 0.667 bits per heavy atom. The molecule has 0 aromatic heterocycles. The summed E-state index contributed by atoms with van der Waals surface area (Å²) in [4.78, 5) is 0. The maximum absolute atomic E-state index is 2.97.